The molecular formula is C14H22O3. The lowest BCUT2D eigenvalue weighted by atomic mass is 10.2. The highest BCUT2D eigenvalue weighted by atomic mass is 16.5. The number of carbonyl (C=O) groups is 1. The topological polar surface area (TPSA) is 35.5 Å². The molecule has 0 heterocycles. The van der Waals surface area contributed by atoms with Crippen LogP contribution in [0.25, 0.3) is 0 Å². The van der Waals surface area contributed by atoms with E-state index in [4.69, 9.17) is 9.47 Å². The maximum absolute atomic E-state index is 10.3. The summed E-state index contributed by atoms with van der Waals surface area (Å²) in [7, 11) is 1.66. The van der Waals surface area contributed by atoms with Gasteiger partial charge in [0.25, 0.3) is 0 Å². The Labute approximate surface area is 104 Å². The molecule has 0 aliphatic rings. The van der Waals surface area contributed by atoms with Crippen molar-refractivity contribution in [3.8, 4) is 5.75 Å². The minimum atomic E-state index is -0.184. The van der Waals surface area contributed by atoms with Crippen LogP contribution >= 0.6 is 0 Å². The zero-order chi connectivity index (χ0) is 13.1. The summed E-state index contributed by atoms with van der Waals surface area (Å²) in [5.41, 5.74) is 0. The van der Waals surface area contributed by atoms with Gasteiger partial charge in [0.05, 0.1) is 13.2 Å². The number of hydrogen-bond donors (Lipinski definition) is 0. The fourth-order valence-corrected chi connectivity index (χ4v) is 1.31. The summed E-state index contributed by atoms with van der Waals surface area (Å²) < 4.78 is 9.77. The Hall–Kier alpha value is -1.51. The van der Waals surface area contributed by atoms with Crippen LogP contribution in [0.4, 0.5) is 0 Å². The Morgan fingerprint density at radius 2 is 1.88 bits per heavy atom. The number of ether oxygens (including phenoxy) is 2. The molecule has 0 saturated carbocycles. The van der Waals surface area contributed by atoms with E-state index in [1.54, 1.807) is 7.11 Å². The van der Waals surface area contributed by atoms with E-state index in [9.17, 15) is 4.79 Å². The maximum Gasteiger partial charge on any atom is 0.302 e. The smallest absolute Gasteiger partial charge is 0.302 e. The van der Waals surface area contributed by atoms with Crippen molar-refractivity contribution in [1.82, 2.24) is 0 Å². The van der Waals surface area contributed by atoms with E-state index in [-0.39, 0.29) is 12.1 Å². The third-order valence-electron chi connectivity index (χ3n) is 2.04. The number of carbonyl (C=O) groups excluding carboxylic acids is 1. The van der Waals surface area contributed by atoms with Crippen LogP contribution < -0.4 is 4.74 Å². The molecule has 96 valence electrons. The van der Waals surface area contributed by atoms with Crippen molar-refractivity contribution in [2.75, 3.05) is 7.11 Å². The second-order valence-electron chi connectivity index (χ2n) is 3.73. The second kappa shape index (κ2) is 9.70. The summed E-state index contributed by atoms with van der Waals surface area (Å²) in [4.78, 5) is 10.3. The molecule has 3 heteroatoms. The highest BCUT2D eigenvalue weighted by Crippen LogP contribution is 2.05. The molecule has 0 radical (unpaired) electrons. The lowest BCUT2D eigenvalue weighted by Crippen LogP contribution is -2.11. The van der Waals surface area contributed by atoms with Gasteiger partial charge in [-0.25, -0.2) is 0 Å². The molecule has 1 unspecified atom stereocenters. The van der Waals surface area contributed by atoms with Crippen molar-refractivity contribution in [3.63, 3.8) is 0 Å². The summed E-state index contributed by atoms with van der Waals surface area (Å²) in [5.74, 6) is 0.725. The van der Waals surface area contributed by atoms with Gasteiger partial charge in [-0.15, -0.1) is 0 Å². The molecule has 0 aliphatic heterocycles. The zero-order valence-electron chi connectivity index (χ0n) is 11.1. The van der Waals surface area contributed by atoms with Gasteiger partial charge in [0.1, 0.15) is 5.75 Å². The number of para-hydroxylation sites is 1. The van der Waals surface area contributed by atoms with Crippen molar-refractivity contribution >= 4 is 5.97 Å². The molecule has 0 amide bonds. The molecule has 3 nitrogen and oxygen atoms in total. The Morgan fingerprint density at radius 3 is 2.24 bits per heavy atom. The Morgan fingerprint density at radius 1 is 1.29 bits per heavy atom. The molecule has 1 aromatic rings. The fourth-order valence-electron chi connectivity index (χ4n) is 1.31. The largest absolute Gasteiger partial charge is 0.497 e. The van der Waals surface area contributed by atoms with Crippen molar-refractivity contribution in [2.24, 2.45) is 0 Å². The first-order chi connectivity index (χ1) is 8.10. The van der Waals surface area contributed by atoms with Crippen LogP contribution in [0.3, 0.4) is 0 Å². The van der Waals surface area contributed by atoms with Gasteiger partial charge in [-0.1, -0.05) is 31.5 Å². The average Bonchev–Trinajstić information content (AvgIpc) is 2.30. The van der Waals surface area contributed by atoms with E-state index in [1.807, 2.05) is 37.3 Å². The predicted molar refractivity (Wildman–Crippen MR) is 69.1 cm³/mol. The summed E-state index contributed by atoms with van der Waals surface area (Å²) >= 11 is 0. The highest BCUT2D eigenvalue weighted by molar-refractivity contribution is 5.66. The lowest BCUT2D eigenvalue weighted by Gasteiger charge is -2.08. The van der Waals surface area contributed by atoms with Crippen molar-refractivity contribution in [1.29, 1.82) is 0 Å². The van der Waals surface area contributed by atoms with Gasteiger partial charge in [0.2, 0.25) is 0 Å². The van der Waals surface area contributed by atoms with Crippen molar-refractivity contribution in [2.45, 2.75) is 39.7 Å². The molecule has 0 saturated heterocycles. The molecule has 0 aliphatic carbocycles. The van der Waals surface area contributed by atoms with E-state index >= 15 is 0 Å². The number of benzene rings is 1. The number of esters is 1. The van der Waals surface area contributed by atoms with E-state index in [0.717, 1.165) is 18.6 Å². The Bertz CT molecular complexity index is 296. The quantitative estimate of drug-likeness (QED) is 0.754. The van der Waals surface area contributed by atoms with Crippen molar-refractivity contribution < 1.29 is 14.3 Å². The molecule has 0 fully saturated rings. The van der Waals surface area contributed by atoms with Crippen LogP contribution in [-0.4, -0.2) is 19.2 Å². The predicted octanol–water partition coefficient (Wildman–Crippen LogP) is 3.43. The minimum absolute atomic E-state index is 0.0903. The monoisotopic (exact) mass is 238 g/mol. The maximum atomic E-state index is 10.3. The summed E-state index contributed by atoms with van der Waals surface area (Å²) in [6.45, 7) is 5.41. The minimum Gasteiger partial charge on any atom is -0.497 e. The molecule has 0 N–H and O–H groups in total. The van der Waals surface area contributed by atoms with Gasteiger partial charge < -0.3 is 9.47 Å². The first-order valence-electron chi connectivity index (χ1n) is 5.86. The first kappa shape index (κ1) is 15.5. The number of methoxy groups -OCH3 is 1. The molecule has 0 aromatic heterocycles. The molecule has 0 spiro atoms. The van der Waals surface area contributed by atoms with Gasteiger partial charge in [0, 0.05) is 6.92 Å². The van der Waals surface area contributed by atoms with Crippen LogP contribution in [0, 0.1) is 0 Å². The van der Waals surface area contributed by atoms with Crippen LogP contribution in [0.15, 0.2) is 30.3 Å². The normalized spacial score (nSPS) is 10.8. The van der Waals surface area contributed by atoms with Crippen LogP contribution in [0.2, 0.25) is 0 Å². The lowest BCUT2D eigenvalue weighted by molar-refractivity contribution is -0.145. The van der Waals surface area contributed by atoms with E-state index in [1.165, 1.54) is 6.92 Å². The summed E-state index contributed by atoms with van der Waals surface area (Å²) in [5, 5.41) is 0. The van der Waals surface area contributed by atoms with Crippen molar-refractivity contribution in [3.05, 3.63) is 30.3 Å². The van der Waals surface area contributed by atoms with Crippen LogP contribution in [-0.2, 0) is 9.53 Å². The van der Waals surface area contributed by atoms with E-state index < -0.39 is 0 Å². The Kier molecular flexibility index (Phi) is 8.84. The first-order valence-corrected chi connectivity index (χ1v) is 5.86. The van der Waals surface area contributed by atoms with Gasteiger partial charge in [0.15, 0.2) is 0 Å². The van der Waals surface area contributed by atoms with Gasteiger partial charge in [-0.3, -0.25) is 4.79 Å². The third-order valence-corrected chi connectivity index (χ3v) is 2.04. The fraction of sp³-hybridized carbons (Fsp3) is 0.500. The molecule has 1 rings (SSSR count). The molecular weight excluding hydrogens is 216 g/mol. The molecule has 0 bridgehead atoms. The van der Waals surface area contributed by atoms with Gasteiger partial charge in [-0.2, -0.15) is 0 Å². The average molecular weight is 238 g/mol. The molecule has 1 atom stereocenters. The van der Waals surface area contributed by atoms with Gasteiger partial charge >= 0.3 is 5.97 Å². The third kappa shape index (κ3) is 9.42. The Balaban J connectivity index is 0.000000302. The van der Waals surface area contributed by atoms with E-state index in [2.05, 4.69) is 6.92 Å². The van der Waals surface area contributed by atoms with Crippen LogP contribution in [0.1, 0.15) is 33.6 Å². The number of rotatable bonds is 4. The molecule has 1 aromatic carbocycles. The standard InChI is InChI=1S/C7H14O2.C7H8O/c1-4-5-6(2)9-7(3)8;1-8-7-5-3-2-4-6-7/h6H,4-5H2,1-3H3;2-6H,1H3. The zero-order valence-corrected chi connectivity index (χ0v) is 11.1. The SMILES string of the molecule is CCCC(C)OC(C)=O.COc1ccccc1. The highest BCUT2D eigenvalue weighted by Gasteiger charge is 2.01. The summed E-state index contributed by atoms with van der Waals surface area (Å²) in [6, 6.07) is 9.68. The number of hydrogen-bond acceptors (Lipinski definition) is 3. The van der Waals surface area contributed by atoms with E-state index in [0.29, 0.717) is 0 Å². The summed E-state index contributed by atoms with van der Waals surface area (Å²) in [6.07, 6.45) is 2.11. The van der Waals surface area contributed by atoms with Gasteiger partial charge in [-0.05, 0) is 25.5 Å². The van der Waals surface area contributed by atoms with Crippen LogP contribution in [0.5, 0.6) is 5.75 Å². The second-order valence-corrected chi connectivity index (χ2v) is 3.73. The molecule has 17 heavy (non-hydrogen) atoms.